The van der Waals surface area contributed by atoms with Crippen molar-refractivity contribution >= 4 is 11.9 Å². The van der Waals surface area contributed by atoms with Gasteiger partial charge in [-0.2, -0.15) is 0 Å². The number of carbonyl (C=O) groups is 2. The molecule has 0 saturated heterocycles. The van der Waals surface area contributed by atoms with Crippen LogP contribution in [-0.2, 0) is 0 Å². The van der Waals surface area contributed by atoms with Gasteiger partial charge in [0.15, 0.2) is 5.76 Å². The zero-order valence-corrected chi connectivity index (χ0v) is 11.0. The highest BCUT2D eigenvalue weighted by Gasteiger charge is 2.21. The van der Waals surface area contributed by atoms with Crippen molar-refractivity contribution < 1.29 is 19.1 Å². The van der Waals surface area contributed by atoms with Crippen LogP contribution < -0.4 is 5.32 Å². The van der Waals surface area contributed by atoms with Crippen LogP contribution in [0.2, 0.25) is 0 Å². The second-order valence-corrected chi connectivity index (χ2v) is 5.25. The van der Waals surface area contributed by atoms with E-state index in [-0.39, 0.29) is 23.5 Å². The van der Waals surface area contributed by atoms with Crippen molar-refractivity contribution in [3.8, 4) is 0 Å². The van der Waals surface area contributed by atoms with Gasteiger partial charge >= 0.3 is 5.97 Å². The minimum atomic E-state index is -1.16. The number of aromatic carboxylic acids is 1. The largest absolute Gasteiger partial charge is 0.475 e. The molecule has 0 aromatic carbocycles. The van der Waals surface area contributed by atoms with Crippen molar-refractivity contribution in [1.82, 2.24) is 5.32 Å². The van der Waals surface area contributed by atoms with Gasteiger partial charge in [0.25, 0.3) is 5.91 Å². The van der Waals surface area contributed by atoms with Crippen LogP contribution in [0.1, 0.15) is 60.1 Å². The van der Waals surface area contributed by atoms with E-state index in [1.807, 2.05) is 0 Å². The van der Waals surface area contributed by atoms with Crippen molar-refractivity contribution in [3.63, 3.8) is 0 Å². The molecule has 104 valence electrons. The minimum Gasteiger partial charge on any atom is -0.475 e. The molecule has 0 bridgehead atoms. The van der Waals surface area contributed by atoms with Gasteiger partial charge in [-0.3, -0.25) is 4.79 Å². The molecule has 2 unspecified atom stereocenters. The fourth-order valence-electron chi connectivity index (χ4n) is 2.46. The number of carboxylic acid groups (broad SMARTS) is 1. The van der Waals surface area contributed by atoms with Crippen molar-refractivity contribution in [2.24, 2.45) is 5.92 Å². The molecule has 5 heteroatoms. The van der Waals surface area contributed by atoms with E-state index in [0.29, 0.717) is 5.92 Å². The Bertz CT molecular complexity index is 466. The lowest BCUT2D eigenvalue weighted by Crippen LogP contribution is -2.34. The highest BCUT2D eigenvalue weighted by atomic mass is 16.4. The van der Waals surface area contributed by atoms with Gasteiger partial charge in [-0.25, -0.2) is 4.79 Å². The lowest BCUT2D eigenvalue weighted by atomic mass is 10.0. The van der Waals surface area contributed by atoms with Crippen LogP contribution in [0.5, 0.6) is 0 Å². The number of amides is 1. The molecule has 0 aliphatic heterocycles. The first kappa shape index (κ1) is 13.6. The van der Waals surface area contributed by atoms with E-state index in [4.69, 9.17) is 9.52 Å². The third kappa shape index (κ3) is 3.59. The number of hydrogen-bond acceptors (Lipinski definition) is 3. The smallest absolute Gasteiger partial charge is 0.371 e. The van der Waals surface area contributed by atoms with Gasteiger partial charge in [0.1, 0.15) is 0 Å². The predicted octanol–water partition coefficient (Wildman–Crippen LogP) is 2.68. The molecule has 0 radical (unpaired) electrons. The Morgan fingerprint density at radius 2 is 1.95 bits per heavy atom. The molecule has 2 N–H and O–H groups in total. The Morgan fingerprint density at radius 3 is 2.63 bits per heavy atom. The molecule has 1 aromatic rings. The molecule has 2 atom stereocenters. The van der Waals surface area contributed by atoms with Gasteiger partial charge in [0, 0.05) is 6.04 Å². The monoisotopic (exact) mass is 265 g/mol. The molecule has 1 aliphatic carbocycles. The van der Waals surface area contributed by atoms with Crippen LogP contribution in [0.3, 0.4) is 0 Å². The first-order chi connectivity index (χ1) is 9.06. The van der Waals surface area contributed by atoms with Gasteiger partial charge in [-0.1, -0.05) is 19.8 Å². The minimum absolute atomic E-state index is 0.0645. The predicted molar refractivity (Wildman–Crippen MR) is 69.2 cm³/mol. The molecule has 19 heavy (non-hydrogen) atoms. The molecule has 1 fully saturated rings. The molecule has 1 amide bonds. The van der Waals surface area contributed by atoms with E-state index in [1.54, 1.807) is 0 Å². The van der Waals surface area contributed by atoms with Gasteiger partial charge in [-0.05, 0) is 37.3 Å². The number of furan rings is 1. The van der Waals surface area contributed by atoms with Gasteiger partial charge < -0.3 is 14.8 Å². The second kappa shape index (κ2) is 5.91. The number of rotatable bonds is 3. The topological polar surface area (TPSA) is 79.5 Å². The quantitative estimate of drug-likeness (QED) is 0.823. The number of nitrogens with one attached hydrogen (secondary N) is 1. The zero-order chi connectivity index (χ0) is 13.8. The van der Waals surface area contributed by atoms with Gasteiger partial charge in [0.2, 0.25) is 5.76 Å². The van der Waals surface area contributed by atoms with Crippen molar-refractivity contribution in [3.05, 3.63) is 23.7 Å². The standard InChI is InChI=1S/C14H19NO4/c1-9-3-2-4-10(6-5-9)15-13(16)11-7-8-12(19-11)14(17)18/h7-10H,2-6H2,1H3,(H,15,16)(H,17,18). The molecule has 1 aromatic heterocycles. The van der Waals surface area contributed by atoms with E-state index in [0.717, 1.165) is 25.7 Å². The maximum atomic E-state index is 11.9. The molecule has 1 saturated carbocycles. The molecule has 0 spiro atoms. The summed E-state index contributed by atoms with van der Waals surface area (Å²) in [6.07, 6.45) is 5.38. The Morgan fingerprint density at radius 1 is 1.21 bits per heavy atom. The third-order valence-electron chi connectivity index (χ3n) is 3.63. The number of carbonyl (C=O) groups excluding carboxylic acids is 1. The van der Waals surface area contributed by atoms with E-state index in [9.17, 15) is 9.59 Å². The van der Waals surface area contributed by atoms with E-state index in [1.165, 1.54) is 18.6 Å². The van der Waals surface area contributed by atoms with Crippen molar-refractivity contribution in [1.29, 1.82) is 0 Å². The lowest BCUT2D eigenvalue weighted by molar-refractivity contribution is 0.0659. The molecule has 1 heterocycles. The summed E-state index contributed by atoms with van der Waals surface area (Å²) in [6.45, 7) is 2.23. The molecule has 1 aliphatic rings. The maximum Gasteiger partial charge on any atom is 0.371 e. The van der Waals surface area contributed by atoms with Crippen molar-refractivity contribution in [2.75, 3.05) is 0 Å². The third-order valence-corrected chi connectivity index (χ3v) is 3.63. The fraction of sp³-hybridized carbons (Fsp3) is 0.571. The first-order valence-electron chi connectivity index (χ1n) is 6.70. The van der Waals surface area contributed by atoms with E-state index >= 15 is 0 Å². The zero-order valence-electron chi connectivity index (χ0n) is 11.0. The summed E-state index contributed by atoms with van der Waals surface area (Å²) in [4.78, 5) is 22.6. The van der Waals surface area contributed by atoms with Gasteiger partial charge in [0.05, 0.1) is 0 Å². The van der Waals surface area contributed by atoms with Crippen LogP contribution in [0.4, 0.5) is 0 Å². The Balaban J connectivity index is 1.94. The Labute approximate surface area is 112 Å². The highest BCUT2D eigenvalue weighted by Crippen LogP contribution is 2.23. The lowest BCUT2D eigenvalue weighted by Gasteiger charge is -2.15. The summed E-state index contributed by atoms with van der Waals surface area (Å²) >= 11 is 0. The summed E-state index contributed by atoms with van der Waals surface area (Å²) < 4.78 is 4.99. The molecular formula is C14H19NO4. The van der Waals surface area contributed by atoms with Crippen LogP contribution in [0.25, 0.3) is 0 Å². The second-order valence-electron chi connectivity index (χ2n) is 5.25. The fourth-order valence-corrected chi connectivity index (χ4v) is 2.46. The van der Waals surface area contributed by atoms with Gasteiger partial charge in [-0.15, -0.1) is 0 Å². The van der Waals surface area contributed by atoms with Crippen LogP contribution >= 0.6 is 0 Å². The Kier molecular flexibility index (Phi) is 4.24. The molecule has 5 nitrogen and oxygen atoms in total. The molecule has 2 rings (SSSR count). The SMILES string of the molecule is CC1CCCC(NC(=O)c2ccc(C(=O)O)o2)CC1. The first-order valence-corrected chi connectivity index (χ1v) is 6.70. The summed E-state index contributed by atoms with van der Waals surface area (Å²) in [5.74, 6) is -0.923. The van der Waals surface area contributed by atoms with E-state index in [2.05, 4.69) is 12.2 Å². The number of hydrogen-bond donors (Lipinski definition) is 2. The summed E-state index contributed by atoms with van der Waals surface area (Å²) in [7, 11) is 0. The normalized spacial score (nSPS) is 23.6. The summed E-state index contributed by atoms with van der Waals surface area (Å²) in [5.41, 5.74) is 0. The maximum absolute atomic E-state index is 11.9. The summed E-state index contributed by atoms with van der Waals surface area (Å²) in [6, 6.07) is 2.86. The van der Waals surface area contributed by atoms with E-state index < -0.39 is 5.97 Å². The van der Waals surface area contributed by atoms with Crippen molar-refractivity contribution in [2.45, 2.75) is 45.1 Å². The average molecular weight is 265 g/mol. The molecular weight excluding hydrogens is 246 g/mol. The van der Waals surface area contributed by atoms with Crippen LogP contribution in [0.15, 0.2) is 16.5 Å². The van der Waals surface area contributed by atoms with Crippen LogP contribution in [0, 0.1) is 5.92 Å². The van der Waals surface area contributed by atoms with Crippen LogP contribution in [-0.4, -0.2) is 23.0 Å². The average Bonchev–Trinajstić information content (AvgIpc) is 2.77. The number of carboxylic acids is 1. The Hall–Kier alpha value is -1.78. The highest BCUT2D eigenvalue weighted by molar-refractivity contribution is 5.93. The summed E-state index contributed by atoms with van der Waals surface area (Å²) in [5, 5.41) is 11.7.